The number of rotatable bonds is 3. The second-order valence-electron chi connectivity index (χ2n) is 8.01. The molecule has 4 aliphatic carbocycles. The molecular weight excluding hydrogens is 220 g/mol. The van der Waals surface area contributed by atoms with Crippen molar-refractivity contribution in [2.75, 3.05) is 0 Å². The fraction of sp³-hybridized carbons (Fsp3) is 1.00. The van der Waals surface area contributed by atoms with E-state index >= 15 is 0 Å². The Morgan fingerprint density at radius 1 is 0.833 bits per heavy atom. The van der Waals surface area contributed by atoms with Crippen LogP contribution in [0.25, 0.3) is 0 Å². The van der Waals surface area contributed by atoms with E-state index in [-0.39, 0.29) is 0 Å². The average Bonchev–Trinajstić information content (AvgIpc) is 3.06. The van der Waals surface area contributed by atoms with Crippen LogP contribution in [0.2, 0.25) is 0 Å². The van der Waals surface area contributed by atoms with Crippen LogP contribution in [0, 0.1) is 41.4 Å². The summed E-state index contributed by atoms with van der Waals surface area (Å²) in [5.74, 6) is 7.07. The molecule has 18 heavy (non-hydrogen) atoms. The maximum atomic E-state index is 6.42. The second kappa shape index (κ2) is 3.98. The van der Waals surface area contributed by atoms with E-state index in [4.69, 9.17) is 4.74 Å². The minimum Gasteiger partial charge on any atom is -0.375 e. The molecule has 0 spiro atoms. The Morgan fingerprint density at radius 3 is 2.28 bits per heavy atom. The topological polar surface area (TPSA) is 9.23 Å². The summed E-state index contributed by atoms with van der Waals surface area (Å²) in [7, 11) is 0. The Hall–Kier alpha value is -0.0400. The van der Waals surface area contributed by atoms with Gasteiger partial charge in [0, 0.05) is 0 Å². The monoisotopic (exact) mass is 248 g/mol. The average molecular weight is 248 g/mol. The van der Waals surface area contributed by atoms with Crippen LogP contribution in [0.5, 0.6) is 0 Å². The van der Waals surface area contributed by atoms with E-state index in [9.17, 15) is 0 Å². The van der Waals surface area contributed by atoms with Gasteiger partial charge in [-0.15, -0.1) is 0 Å². The molecule has 1 heteroatoms. The molecule has 4 saturated carbocycles. The largest absolute Gasteiger partial charge is 0.375 e. The summed E-state index contributed by atoms with van der Waals surface area (Å²) in [5.41, 5.74) is 0. The standard InChI is InChI=1S/C17H28O/c1-9(2)10(3)18-15-8-13-7-14(15)17-12-5-4-11(6-12)16(13)17/h9-17H,4-8H2,1-3H3/t10-,11?,12?,13?,14?,15?,16?,17?/m0/s1. The maximum absolute atomic E-state index is 6.42. The minimum atomic E-state index is 0.450. The van der Waals surface area contributed by atoms with Crippen LogP contribution in [0.15, 0.2) is 0 Å². The number of fused-ring (bicyclic) bond motifs is 9. The molecule has 4 rings (SSSR count). The molecule has 102 valence electrons. The molecular formula is C17H28O. The molecule has 0 heterocycles. The highest BCUT2D eigenvalue weighted by Crippen LogP contribution is 2.67. The van der Waals surface area contributed by atoms with Gasteiger partial charge in [-0.1, -0.05) is 13.8 Å². The first-order valence-corrected chi connectivity index (χ1v) is 8.30. The summed E-state index contributed by atoms with van der Waals surface area (Å²) in [6.07, 6.45) is 8.66. The summed E-state index contributed by atoms with van der Waals surface area (Å²) >= 11 is 0. The van der Waals surface area contributed by atoms with Crippen molar-refractivity contribution in [2.24, 2.45) is 41.4 Å². The molecule has 0 amide bonds. The first-order chi connectivity index (χ1) is 8.65. The Balaban J connectivity index is 1.49. The van der Waals surface area contributed by atoms with E-state index in [1.165, 1.54) is 12.8 Å². The first-order valence-electron chi connectivity index (χ1n) is 8.30. The van der Waals surface area contributed by atoms with Gasteiger partial charge in [0.05, 0.1) is 12.2 Å². The smallest absolute Gasteiger partial charge is 0.0612 e. The summed E-state index contributed by atoms with van der Waals surface area (Å²) in [6, 6.07) is 0. The van der Waals surface area contributed by atoms with Crippen molar-refractivity contribution >= 4 is 0 Å². The third kappa shape index (κ3) is 1.49. The molecule has 0 aromatic carbocycles. The van der Waals surface area contributed by atoms with E-state index in [0.29, 0.717) is 18.1 Å². The lowest BCUT2D eigenvalue weighted by molar-refractivity contribution is -0.0772. The van der Waals surface area contributed by atoms with Gasteiger partial charge < -0.3 is 4.74 Å². The molecule has 7 unspecified atom stereocenters. The summed E-state index contributed by atoms with van der Waals surface area (Å²) in [5, 5.41) is 0. The van der Waals surface area contributed by atoms with E-state index in [2.05, 4.69) is 20.8 Å². The number of ether oxygens (including phenoxy) is 1. The van der Waals surface area contributed by atoms with Crippen molar-refractivity contribution in [3.63, 3.8) is 0 Å². The van der Waals surface area contributed by atoms with Crippen molar-refractivity contribution in [1.29, 1.82) is 0 Å². The molecule has 0 aromatic heterocycles. The minimum absolute atomic E-state index is 0.450. The zero-order valence-corrected chi connectivity index (χ0v) is 12.1. The maximum Gasteiger partial charge on any atom is 0.0612 e. The predicted octanol–water partition coefficient (Wildman–Crippen LogP) is 4.12. The molecule has 0 aromatic rings. The Morgan fingerprint density at radius 2 is 1.56 bits per heavy atom. The van der Waals surface area contributed by atoms with Crippen molar-refractivity contribution in [1.82, 2.24) is 0 Å². The predicted molar refractivity (Wildman–Crippen MR) is 73.2 cm³/mol. The highest BCUT2D eigenvalue weighted by atomic mass is 16.5. The van der Waals surface area contributed by atoms with Gasteiger partial charge in [0.25, 0.3) is 0 Å². The molecule has 0 saturated heterocycles. The zero-order valence-electron chi connectivity index (χ0n) is 12.1. The van der Waals surface area contributed by atoms with Gasteiger partial charge in [0.2, 0.25) is 0 Å². The van der Waals surface area contributed by atoms with Gasteiger partial charge >= 0.3 is 0 Å². The quantitative estimate of drug-likeness (QED) is 0.683. The van der Waals surface area contributed by atoms with Gasteiger partial charge in [-0.25, -0.2) is 0 Å². The summed E-state index contributed by atoms with van der Waals surface area (Å²) in [4.78, 5) is 0. The third-order valence-corrected chi connectivity index (χ3v) is 7.00. The lowest BCUT2D eigenvalue weighted by Crippen LogP contribution is -2.38. The van der Waals surface area contributed by atoms with Gasteiger partial charge in [-0.2, -0.15) is 0 Å². The number of hydrogen-bond donors (Lipinski definition) is 0. The van der Waals surface area contributed by atoms with Crippen LogP contribution in [0.1, 0.15) is 52.9 Å². The lowest BCUT2D eigenvalue weighted by Gasteiger charge is -2.39. The van der Waals surface area contributed by atoms with Crippen LogP contribution in [0.3, 0.4) is 0 Å². The number of hydrogen-bond acceptors (Lipinski definition) is 1. The van der Waals surface area contributed by atoms with Crippen molar-refractivity contribution < 1.29 is 4.74 Å². The summed E-state index contributed by atoms with van der Waals surface area (Å²) < 4.78 is 6.42. The fourth-order valence-corrected chi connectivity index (χ4v) is 6.09. The molecule has 8 atom stereocenters. The van der Waals surface area contributed by atoms with E-state index in [1.807, 2.05) is 0 Å². The molecule has 4 fully saturated rings. The molecule has 1 nitrogen and oxygen atoms in total. The Labute approximate surface area is 112 Å². The van der Waals surface area contributed by atoms with Crippen LogP contribution in [0.4, 0.5) is 0 Å². The lowest BCUT2D eigenvalue weighted by atomic mass is 9.70. The van der Waals surface area contributed by atoms with E-state index < -0.39 is 0 Å². The summed E-state index contributed by atoms with van der Waals surface area (Å²) in [6.45, 7) is 6.85. The van der Waals surface area contributed by atoms with Gasteiger partial charge in [-0.05, 0) is 80.5 Å². The SMILES string of the molecule is CC(C)[C@H](C)OC1CC2CC1C1C3CCC(C3)C21. The molecule has 4 bridgehead atoms. The second-order valence-corrected chi connectivity index (χ2v) is 8.01. The van der Waals surface area contributed by atoms with Crippen molar-refractivity contribution in [3.8, 4) is 0 Å². The van der Waals surface area contributed by atoms with Gasteiger partial charge in [0.15, 0.2) is 0 Å². The van der Waals surface area contributed by atoms with Gasteiger partial charge in [0.1, 0.15) is 0 Å². The Bertz CT molecular complexity index is 337. The molecule has 4 aliphatic rings. The molecule has 0 aliphatic heterocycles. The molecule has 0 radical (unpaired) electrons. The zero-order chi connectivity index (χ0) is 12.4. The van der Waals surface area contributed by atoms with Crippen LogP contribution >= 0.6 is 0 Å². The molecule has 0 N–H and O–H groups in total. The van der Waals surface area contributed by atoms with Crippen LogP contribution < -0.4 is 0 Å². The Kier molecular flexibility index (Phi) is 2.60. The van der Waals surface area contributed by atoms with Crippen LogP contribution in [-0.2, 0) is 4.74 Å². The first kappa shape index (κ1) is 11.8. The van der Waals surface area contributed by atoms with E-state index in [1.54, 1.807) is 19.3 Å². The third-order valence-electron chi connectivity index (χ3n) is 7.00. The highest BCUT2D eigenvalue weighted by Gasteiger charge is 2.62. The van der Waals surface area contributed by atoms with Crippen molar-refractivity contribution in [2.45, 2.75) is 65.1 Å². The highest BCUT2D eigenvalue weighted by molar-refractivity contribution is 5.11. The normalized spacial score (nSPS) is 54.3. The van der Waals surface area contributed by atoms with Gasteiger partial charge in [-0.3, -0.25) is 0 Å². The van der Waals surface area contributed by atoms with Crippen molar-refractivity contribution in [3.05, 3.63) is 0 Å². The van der Waals surface area contributed by atoms with E-state index in [0.717, 1.165) is 35.5 Å². The van der Waals surface area contributed by atoms with Crippen LogP contribution in [-0.4, -0.2) is 12.2 Å². The fourth-order valence-electron chi connectivity index (χ4n) is 6.09.